The topological polar surface area (TPSA) is 65.7 Å². The maximum atomic E-state index is 13.2. The Morgan fingerprint density at radius 3 is 2.32 bits per heavy atom. The van der Waals surface area contributed by atoms with Crippen molar-refractivity contribution in [2.24, 2.45) is 39.4 Å². The van der Waals surface area contributed by atoms with Gasteiger partial charge in [-0.05, 0) is 79.2 Å². The number of fused-ring (bicyclic) bond motifs is 5. The van der Waals surface area contributed by atoms with Crippen LogP contribution < -0.4 is 0 Å². The zero-order chi connectivity index (χ0) is 27.9. The highest BCUT2D eigenvalue weighted by Gasteiger charge is 2.71. The van der Waals surface area contributed by atoms with Crippen molar-refractivity contribution in [2.45, 2.75) is 105 Å². The van der Waals surface area contributed by atoms with Crippen molar-refractivity contribution in [3.8, 4) is 0 Å². The minimum absolute atomic E-state index is 0.0190. The summed E-state index contributed by atoms with van der Waals surface area (Å²) in [6.45, 7) is 18.4. The lowest BCUT2D eigenvalue weighted by Crippen LogP contribution is -2.65. The van der Waals surface area contributed by atoms with Gasteiger partial charge in [-0.2, -0.15) is 0 Å². The molecule has 1 aromatic heterocycles. The van der Waals surface area contributed by atoms with Crippen molar-refractivity contribution in [3.05, 3.63) is 35.4 Å². The van der Waals surface area contributed by atoms with Crippen molar-refractivity contribution in [1.82, 2.24) is 0 Å². The number of ether oxygens (including phenoxy) is 2. The summed E-state index contributed by atoms with van der Waals surface area (Å²) in [6.07, 6.45) is 12.1. The van der Waals surface area contributed by atoms with Gasteiger partial charge < -0.3 is 13.9 Å². The molecule has 3 saturated carbocycles. The monoisotopic (exact) mass is 540 g/mol. The molecule has 1 heterocycles. The molecule has 0 radical (unpaired) electrons. The average Bonchev–Trinajstić information content (AvgIpc) is 3.45. The van der Waals surface area contributed by atoms with Gasteiger partial charge in [-0.1, -0.05) is 58.1 Å². The molecule has 5 rings (SSSR count). The van der Waals surface area contributed by atoms with Gasteiger partial charge in [0.15, 0.2) is 0 Å². The molecule has 38 heavy (non-hydrogen) atoms. The Morgan fingerprint density at radius 1 is 1.03 bits per heavy atom. The predicted molar refractivity (Wildman–Crippen MR) is 151 cm³/mol. The highest BCUT2D eigenvalue weighted by atomic mass is 28.3. The molecular weight excluding hydrogens is 492 g/mol. The third-order valence-electron chi connectivity index (χ3n) is 12.0. The van der Waals surface area contributed by atoms with Gasteiger partial charge >= 0.3 is 11.9 Å². The molecule has 0 saturated heterocycles. The number of allylic oxidation sites excluding steroid dienone is 2. The van der Waals surface area contributed by atoms with Crippen molar-refractivity contribution in [3.63, 3.8) is 0 Å². The molecule has 0 amide bonds. The fraction of sp³-hybridized carbons (Fsp3) is 0.750. The van der Waals surface area contributed by atoms with Gasteiger partial charge in [-0.3, -0.25) is 9.59 Å². The van der Waals surface area contributed by atoms with Crippen LogP contribution >= 0.6 is 0 Å². The van der Waals surface area contributed by atoms with Gasteiger partial charge in [0.25, 0.3) is 0 Å². The number of methoxy groups -OCH3 is 1. The van der Waals surface area contributed by atoms with Crippen LogP contribution in [0.1, 0.15) is 84.6 Å². The van der Waals surface area contributed by atoms with E-state index in [4.69, 9.17) is 13.9 Å². The maximum Gasteiger partial charge on any atom is 0.311 e. The van der Waals surface area contributed by atoms with Gasteiger partial charge in [-0.15, -0.1) is 0 Å². The lowest BCUT2D eigenvalue weighted by atomic mass is 9.36. The molecule has 0 spiro atoms. The summed E-state index contributed by atoms with van der Waals surface area (Å²) in [4.78, 5) is 25.8. The molecule has 9 atom stereocenters. The zero-order valence-electron chi connectivity index (χ0n) is 25.0. The van der Waals surface area contributed by atoms with Crippen molar-refractivity contribution < 1.29 is 23.5 Å². The van der Waals surface area contributed by atoms with Crippen LogP contribution in [-0.4, -0.2) is 33.2 Å². The number of esters is 2. The highest BCUT2D eigenvalue weighted by Crippen LogP contribution is 2.75. The minimum atomic E-state index is -1.72. The molecule has 6 heteroatoms. The Bertz CT molecular complexity index is 1130. The molecule has 4 aliphatic rings. The second kappa shape index (κ2) is 8.84. The summed E-state index contributed by atoms with van der Waals surface area (Å²) >= 11 is 0. The summed E-state index contributed by atoms with van der Waals surface area (Å²) in [5.74, 6) is 0.814. The Balaban J connectivity index is 1.68. The van der Waals surface area contributed by atoms with Crippen molar-refractivity contribution >= 4 is 20.0 Å². The third kappa shape index (κ3) is 3.67. The first-order valence-corrected chi connectivity index (χ1v) is 18.1. The maximum absolute atomic E-state index is 13.2. The fourth-order valence-corrected chi connectivity index (χ4v) is 12.5. The smallest absolute Gasteiger partial charge is 0.311 e. The van der Waals surface area contributed by atoms with Gasteiger partial charge in [-0.25, -0.2) is 0 Å². The van der Waals surface area contributed by atoms with E-state index in [1.165, 1.54) is 12.7 Å². The van der Waals surface area contributed by atoms with Crippen molar-refractivity contribution in [2.75, 3.05) is 7.11 Å². The van der Waals surface area contributed by atoms with Crippen LogP contribution in [0.3, 0.4) is 0 Å². The van der Waals surface area contributed by atoms with Gasteiger partial charge in [0.2, 0.25) is 0 Å². The average molecular weight is 541 g/mol. The molecule has 210 valence electrons. The fourth-order valence-electron chi connectivity index (χ4n) is 10.5. The molecule has 0 aromatic carbocycles. The second-order valence-electron chi connectivity index (χ2n) is 15.0. The Hall–Kier alpha value is -1.82. The first-order valence-electron chi connectivity index (χ1n) is 14.6. The minimum Gasteiger partial charge on any atom is -0.472 e. The predicted octanol–water partition coefficient (Wildman–Crippen LogP) is 7.54. The molecule has 4 aliphatic carbocycles. The standard InChI is InChI=1S/C32H48O5Si/c1-20(33)37-26-18-24-29(2)13-10-14-31(4,28(34)35-6)23(29)11-15-30(24,3)25-17-22(38(7,8)9)27(32(25,26)5)21-12-16-36-19-21/h12,16-17,19,23-27H,10-11,13-15,18H2,1-9H3/t23?,24-,25+,26-,27-,29+,30-,31+,32+/m1/s1. The van der Waals surface area contributed by atoms with E-state index in [1.807, 2.05) is 6.26 Å². The first kappa shape index (κ1) is 27.7. The molecule has 5 nitrogen and oxygen atoms in total. The van der Waals surface area contributed by atoms with Crippen molar-refractivity contribution in [1.29, 1.82) is 0 Å². The van der Waals surface area contributed by atoms with E-state index in [0.29, 0.717) is 5.92 Å². The molecule has 0 bridgehead atoms. The molecular formula is C32H48O5Si. The van der Waals surface area contributed by atoms with Crippen LogP contribution in [0, 0.1) is 39.4 Å². The second-order valence-corrected chi connectivity index (χ2v) is 20.0. The van der Waals surface area contributed by atoms with Crippen LogP contribution in [0.25, 0.3) is 0 Å². The Morgan fingerprint density at radius 2 is 1.74 bits per heavy atom. The summed E-state index contributed by atoms with van der Waals surface area (Å²) in [6, 6.07) is 2.12. The van der Waals surface area contributed by atoms with E-state index in [0.717, 1.165) is 38.5 Å². The number of hydrogen-bond donors (Lipinski definition) is 0. The lowest BCUT2D eigenvalue weighted by molar-refractivity contribution is -0.225. The molecule has 3 fully saturated rings. The zero-order valence-corrected chi connectivity index (χ0v) is 26.0. The summed E-state index contributed by atoms with van der Waals surface area (Å²) in [5, 5.41) is 1.56. The van der Waals surface area contributed by atoms with E-state index >= 15 is 0 Å². The first-order chi connectivity index (χ1) is 17.6. The van der Waals surface area contributed by atoms with E-state index in [2.05, 4.69) is 59.5 Å². The number of hydrogen-bond acceptors (Lipinski definition) is 5. The quantitative estimate of drug-likeness (QED) is 0.291. The van der Waals surface area contributed by atoms with E-state index in [1.54, 1.807) is 18.4 Å². The van der Waals surface area contributed by atoms with Gasteiger partial charge in [0.1, 0.15) is 6.10 Å². The van der Waals surface area contributed by atoms with E-state index in [-0.39, 0.29) is 52.0 Å². The lowest BCUT2D eigenvalue weighted by Gasteiger charge is -2.68. The normalized spacial score (nSPS) is 44.3. The third-order valence-corrected chi connectivity index (χ3v) is 14.2. The number of carbonyl (C=O) groups is 2. The van der Waals surface area contributed by atoms with E-state index in [9.17, 15) is 9.59 Å². The van der Waals surface area contributed by atoms with Crippen LogP contribution in [0.2, 0.25) is 19.6 Å². The Labute approximate surface area is 230 Å². The van der Waals surface area contributed by atoms with Crippen LogP contribution in [0.15, 0.2) is 34.3 Å². The SMILES string of the molecule is COC(=O)[C@@]1(C)CCC[C@@]2(C)C1CC[C@@]1(C)[C@@H]3C=C([Si](C)(C)C)[C@@H](c4ccoc4)[C@]3(C)[C@H](OC(C)=O)C[C@@H]12. The molecule has 1 unspecified atom stereocenters. The number of carbonyl (C=O) groups excluding carboxylic acids is 2. The van der Waals surface area contributed by atoms with Crippen LogP contribution in [0.5, 0.6) is 0 Å². The van der Waals surface area contributed by atoms with Gasteiger partial charge in [0.05, 0.1) is 33.1 Å². The Kier molecular flexibility index (Phi) is 6.45. The van der Waals surface area contributed by atoms with E-state index < -0.39 is 13.5 Å². The van der Waals surface area contributed by atoms with Crippen LogP contribution in [0.4, 0.5) is 0 Å². The summed E-state index contributed by atoms with van der Waals surface area (Å²) < 4.78 is 17.4. The molecule has 0 aliphatic heterocycles. The largest absolute Gasteiger partial charge is 0.472 e. The number of furan rings is 1. The molecule has 1 aromatic rings. The van der Waals surface area contributed by atoms with Crippen LogP contribution in [-0.2, 0) is 19.1 Å². The highest BCUT2D eigenvalue weighted by molar-refractivity contribution is 6.83. The summed E-state index contributed by atoms with van der Waals surface area (Å²) in [5.41, 5.74) is 0.525. The summed E-state index contributed by atoms with van der Waals surface area (Å²) in [7, 11) is -0.182. The number of rotatable bonds is 4. The van der Waals surface area contributed by atoms with Gasteiger partial charge in [0, 0.05) is 18.3 Å². The molecule has 0 N–H and O–H groups in total.